The largest absolute Gasteiger partial charge is 0.466 e. The summed E-state index contributed by atoms with van der Waals surface area (Å²) in [4.78, 5) is 37.5. The van der Waals surface area contributed by atoms with Crippen LogP contribution in [0.3, 0.4) is 0 Å². The second kappa shape index (κ2) is 8.90. The Kier molecular flexibility index (Phi) is 6.32. The quantitative estimate of drug-likeness (QED) is 0.729. The summed E-state index contributed by atoms with van der Waals surface area (Å²) in [5.41, 5.74) is 0.903. The van der Waals surface area contributed by atoms with Gasteiger partial charge < -0.3 is 14.8 Å². The Morgan fingerprint density at radius 2 is 1.83 bits per heavy atom. The second-order valence-corrected chi connectivity index (χ2v) is 7.30. The van der Waals surface area contributed by atoms with Gasteiger partial charge in [0.2, 0.25) is 0 Å². The first-order valence-corrected chi connectivity index (χ1v) is 9.73. The second-order valence-electron chi connectivity index (χ2n) is 7.30. The number of ether oxygens (including phenoxy) is 2. The van der Waals surface area contributed by atoms with Crippen molar-refractivity contribution in [1.29, 1.82) is 0 Å². The Hall–Kier alpha value is -3.15. The monoisotopic (exact) mass is 395 g/mol. The van der Waals surface area contributed by atoms with Crippen molar-refractivity contribution in [2.75, 3.05) is 13.2 Å². The summed E-state index contributed by atoms with van der Waals surface area (Å²) in [6, 6.07) is 16.6. The molecule has 1 aliphatic heterocycles. The van der Waals surface area contributed by atoms with Gasteiger partial charge in [0, 0.05) is 13.0 Å². The van der Waals surface area contributed by atoms with Gasteiger partial charge in [-0.15, -0.1) is 0 Å². The minimum absolute atomic E-state index is 0.0986. The molecule has 6 heteroatoms. The average Bonchev–Trinajstić information content (AvgIpc) is 2.71. The van der Waals surface area contributed by atoms with Crippen molar-refractivity contribution in [1.82, 2.24) is 5.32 Å². The van der Waals surface area contributed by atoms with Crippen LogP contribution in [0.1, 0.15) is 35.3 Å². The van der Waals surface area contributed by atoms with Gasteiger partial charge in [-0.1, -0.05) is 48.5 Å². The van der Waals surface area contributed by atoms with Gasteiger partial charge in [0.15, 0.2) is 5.60 Å². The van der Waals surface area contributed by atoms with Crippen molar-refractivity contribution in [3.8, 4) is 0 Å². The Morgan fingerprint density at radius 1 is 1.14 bits per heavy atom. The lowest BCUT2D eigenvalue weighted by Gasteiger charge is -2.33. The first kappa shape index (κ1) is 20.6. The summed E-state index contributed by atoms with van der Waals surface area (Å²) < 4.78 is 10.6. The first-order chi connectivity index (χ1) is 13.9. The molecule has 2 aromatic carbocycles. The van der Waals surface area contributed by atoms with E-state index < -0.39 is 23.4 Å². The number of benzene rings is 2. The fourth-order valence-electron chi connectivity index (χ4n) is 3.46. The molecule has 1 aliphatic rings. The van der Waals surface area contributed by atoms with Crippen LogP contribution in [0.15, 0.2) is 54.6 Å². The van der Waals surface area contributed by atoms with Crippen LogP contribution in [0.2, 0.25) is 0 Å². The maximum Gasteiger partial charge on any atom is 0.339 e. The van der Waals surface area contributed by atoms with Gasteiger partial charge >= 0.3 is 11.9 Å². The molecular weight excluding hydrogens is 370 g/mol. The highest BCUT2D eigenvalue weighted by Gasteiger charge is 2.42. The van der Waals surface area contributed by atoms with E-state index in [0.717, 1.165) is 11.1 Å². The SMILES string of the molecule is CCOC(=O)C(CNC(=O)C1(C)Cc2ccccc2C(=O)O1)Cc1ccccc1. The molecule has 2 aromatic rings. The highest BCUT2D eigenvalue weighted by atomic mass is 16.6. The Bertz CT molecular complexity index is 895. The summed E-state index contributed by atoms with van der Waals surface area (Å²) in [5.74, 6) is -1.84. The van der Waals surface area contributed by atoms with Crippen LogP contribution in [-0.4, -0.2) is 36.6 Å². The standard InChI is InChI=1S/C23H25NO5/c1-3-28-20(25)18(13-16-9-5-4-6-10-16)15-24-22(27)23(2)14-17-11-7-8-12-19(17)21(26)29-23/h4-12,18H,3,13-15H2,1-2H3,(H,24,27). The van der Waals surface area contributed by atoms with Crippen LogP contribution < -0.4 is 5.32 Å². The van der Waals surface area contributed by atoms with Crippen LogP contribution in [0.4, 0.5) is 0 Å². The lowest BCUT2D eigenvalue weighted by atomic mass is 9.89. The summed E-state index contributed by atoms with van der Waals surface area (Å²) in [6.45, 7) is 3.70. The zero-order chi connectivity index (χ0) is 20.9. The van der Waals surface area contributed by atoms with E-state index >= 15 is 0 Å². The van der Waals surface area contributed by atoms with E-state index in [2.05, 4.69) is 5.32 Å². The average molecular weight is 395 g/mol. The Balaban J connectivity index is 1.69. The molecule has 1 N–H and O–H groups in total. The molecule has 0 saturated carbocycles. The number of fused-ring (bicyclic) bond motifs is 1. The van der Waals surface area contributed by atoms with Gasteiger partial charge in [-0.05, 0) is 37.5 Å². The van der Waals surface area contributed by atoms with Crippen molar-refractivity contribution < 1.29 is 23.9 Å². The zero-order valence-electron chi connectivity index (χ0n) is 16.6. The summed E-state index contributed by atoms with van der Waals surface area (Å²) in [7, 11) is 0. The number of nitrogens with one attached hydrogen (secondary N) is 1. The predicted octanol–water partition coefficient (Wildman–Crippen LogP) is 2.70. The summed E-state index contributed by atoms with van der Waals surface area (Å²) >= 11 is 0. The molecule has 0 aromatic heterocycles. The van der Waals surface area contributed by atoms with Gasteiger partial charge in [-0.2, -0.15) is 0 Å². The fraction of sp³-hybridized carbons (Fsp3) is 0.348. The number of cyclic esters (lactones) is 1. The van der Waals surface area contributed by atoms with E-state index in [1.54, 1.807) is 26.0 Å². The maximum absolute atomic E-state index is 12.9. The van der Waals surface area contributed by atoms with Gasteiger partial charge in [-0.3, -0.25) is 9.59 Å². The third-order valence-corrected chi connectivity index (χ3v) is 5.02. The van der Waals surface area contributed by atoms with Crippen LogP contribution >= 0.6 is 0 Å². The van der Waals surface area contributed by atoms with Crippen molar-refractivity contribution in [2.24, 2.45) is 5.92 Å². The van der Waals surface area contributed by atoms with Crippen LogP contribution in [0.5, 0.6) is 0 Å². The number of amides is 1. The number of hydrogen-bond donors (Lipinski definition) is 1. The Morgan fingerprint density at radius 3 is 2.55 bits per heavy atom. The lowest BCUT2D eigenvalue weighted by Crippen LogP contribution is -2.53. The van der Waals surface area contributed by atoms with Gasteiger partial charge in [0.1, 0.15) is 0 Å². The number of rotatable bonds is 7. The Labute approximate surface area is 170 Å². The number of carbonyl (C=O) groups excluding carboxylic acids is 3. The third-order valence-electron chi connectivity index (χ3n) is 5.02. The van der Waals surface area contributed by atoms with Gasteiger partial charge in [0.05, 0.1) is 18.1 Å². The van der Waals surface area contributed by atoms with Crippen molar-refractivity contribution in [3.05, 3.63) is 71.3 Å². The molecule has 0 spiro atoms. The van der Waals surface area contributed by atoms with E-state index in [-0.39, 0.29) is 25.5 Å². The topological polar surface area (TPSA) is 81.7 Å². The van der Waals surface area contributed by atoms with E-state index in [9.17, 15) is 14.4 Å². The molecule has 6 nitrogen and oxygen atoms in total. The molecule has 3 rings (SSSR count). The molecule has 0 aliphatic carbocycles. The molecule has 0 fully saturated rings. The van der Waals surface area contributed by atoms with Crippen LogP contribution in [0, 0.1) is 5.92 Å². The molecule has 0 saturated heterocycles. The molecule has 152 valence electrons. The number of hydrogen-bond acceptors (Lipinski definition) is 5. The highest BCUT2D eigenvalue weighted by Crippen LogP contribution is 2.28. The molecule has 0 radical (unpaired) electrons. The van der Waals surface area contributed by atoms with Gasteiger partial charge in [-0.25, -0.2) is 4.79 Å². The fourth-order valence-corrected chi connectivity index (χ4v) is 3.46. The molecule has 1 heterocycles. The molecule has 0 bridgehead atoms. The molecular formula is C23H25NO5. The van der Waals surface area contributed by atoms with Crippen LogP contribution in [0.25, 0.3) is 0 Å². The van der Waals surface area contributed by atoms with Gasteiger partial charge in [0.25, 0.3) is 5.91 Å². The number of carbonyl (C=O) groups is 3. The van der Waals surface area contributed by atoms with E-state index in [1.807, 2.05) is 42.5 Å². The van der Waals surface area contributed by atoms with Crippen molar-refractivity contribution in [2.45, 2.75) is 32.3 Å². The summed E-state index contributed by atoms with van der Waals surface area (Å²) in [6.07, 6.45) is 0.725. The highest BCUT2D eigenvalue weighted by molar-refractivity contribution is 5.97. The molecule has 2 unspecified atom stereocenters. The van der Waals surface area contributed by atoms with E-state index in [0.29, 0.717) is 12.0 Å². The minimum atomic E-state index is -1.32. The molecule has 2 atom stereocenters. The lowest BCUT2D eigenvalue weighted by molar-refractivity contribution is -0.148. The number of esters is 2. The third kappa shape index (κ3) is 4.83. The minimum Gasteiger partial charge on any atom is -0.466 e. The molecule has 29 heavy (non-hydrogen) atoms. The zero-order valence-corrected chi connectivity index (χ0v) is 16.6. The maximum atomic E-state index is 12.9. The van der Waals surface area contributed by atoms with Crippen LogP contribution in [-0.2, 0) is 31.9 Å². The van der Waals surface area contributed by atoms with E-state index in [1.165, 1.54) is 0 Å². The summed E-state index contributed by atoms with van der Waals surface area (Å²) in [5, 5.41) is 2.79. The van der Waals surface area contributed by atoms with E-state index in [4.69, 9.17) is 9.47 Å². The molecule has 1 amide bonds. The van der Waals surface area contributed by atoms with Crippen molar-refractivity contribution in [3.63, 3.8) is 0 Å². The first-order valence-electron chi connectivity index (χ1n) is 9.73. The van der Waals surface area contributed by atoms with Crippen molar-refractivity contribution >= 4 is 17.8 Å². The predicted molar refractivity (Wildman–Crippen MR) is 107 cm³/mol. The normalized spacial score (nSPS) is 18.9. The smallest absolute Gasteiger partial charge is 0.339 e.